The summed E-state index contributed by atoms with van der Waals surface area (Å²) in [6, 6.07) is 26.1. The summed E-state index contributed by atoms with van der Waals surface area (Å²) < 4.78 is 112. The zero-order valence-corrected chi connectivity index (χ0v) is 53.9. The van der Waals surface area contributed by atoms with E-state index in [2.05, 4.69) is 15.9 Å². The minimum Gasteiger partial charge on any atom is -0.369 e. The second-order valence-corrected chi connectivity index (χ2v) is 31.8. The smallest absolute Gasteiger partial charge is 0.268 e. The number of nitriles is 1. The number of benzene rings is 4. The van der Waals surface area contributed by atoms with E-state index in [4.69, 9.17) is 5.73 Å². The number of anilines is 2. The molecule has 0 radical (unpaired) electrons. The number of sulfonamides is 2. The highest BCUT2D eigenvalue weighted by molar-refractivity contribution is 7.90. The van der Waals surface area contributed by atoms with Gasteiger partial charge in [0, 0.05) is 113 Å². The van der Waals surface area contributed by atoms with Crippen molar-refractivity contribution in [2.45, 2.75) is 113 Å². The molecule has 2 N–H and O–H groups in total. The highest BCUT2D eigenvalue weighted by Gasteiger charge is 2.37. The summed E-state index contributed by atoms with van der Waals surface area (Å²) in [5.74, 6) is -0.390. The van der Waals surface area contributed by atoms with Gasteiger partial charge in [-0.2, -0.15) is 13.9 Å². The molecule has 0 unspecified atom stereocenters. The third kappa shape index (κ3) is 12.6. The molecular formula is C64H76N10O11S4. The van der Waals surface area contributed by atoms with E-state index in [0.29, 0.717) is 77.7 Å². The van der Waals surface area contributed by atoms with E-state index in [-0.39, 0.29) is 82.9 Å². The van der Waals surface area contributed by atoms with Crippen LogP contribution in [0.5, 0.6) is 0 Å². The lowest BCUT2D eigenvalue weighted by molar-refractivity contribution is -0.136. The number of aryl methyl sites for hydroxylation is 2. The summed E-state index contributed by atoms with van der Waals surface area (Å²) in [7, 11) is -15.2. The van der Waals surface area contributed by atoms with Gasteiger partial charge in [-0.3, -0.25) is 14.4 Å². The van der Waals surface area contributed by atoms with Crippen LogP contribution in [0.4, 0.5) is 11.4 Å². The predicted octanol–water partition coefficient (Wildman–Crippen LogP) is 7.40. The van der Waals surface area contributed by atoms with Gasteiger partial charge in [-0.1, -0.05) is 47.5 Å². The zero-order chi connectivity index (χ0) is 63.3. The molecule has 12 rings (SSSR count). The molecule has 4 aromatic carbocycles. The Morgan fingerprint density at radius 2 is 0.955 bits per heavy atom. The number of likely N-dealkylation sites (tertiary alicyclic amines) is 2. The van der Waals surface area contributed by atoms with Crippen molar-refractivity contribution >= 4 is 102 Å². The number of amides is 3. The number of hydrogen-bond acceptors (Lipinski definition) is 14. The largest absolute Gasteiger partial charge is 0.369 e. The van der Waals surface area contributed by atoms with Crippen molar-refractivity contribution in [1.29, 1.82) is 5.26 Å². The maximum absolute atomic E-state index is 14.5. The minimum absolute atomic E-state index is 0.0401. The number of carbonyl (C=O) groups excluding carboxylic acids is 3. The van der Waals surface area contributed by atoms with Gasteiger partial charge in [-0.05, 0) is 150 Å². The van der Waals surface area contributed by atoms with Crippen LogP contribution in [0.15, 0.2) is 107 Å². The van der Waals surface area contributed by atoms with Crippen LogP contribution in [0.25, 0.3) is 33.0 Å². The molecule has 472 valence electrons. The Hall–Kier alpha value is -7.34. The Bertz CT molecular complexity index is 4380. The fraction of sp³-hybridized carbons (Fsp3) is 0.438. The van der Waals surface area contributed by atoms with E-state index >= 15 is 0 Å². The van der Waals surface area contributed by atoms with Crippen LogP contribution >= 0.6 is 0 Å². The molecule has 2 aromatic heterocycles. The first-order valence-corrected chi connectivity index (χ1v) is 37.0. The van der Waals surface area contributed by atoms with E-state index in [1.165, 1.54) is 22.8 Å². The Balaban J connectivity index is 0.000000184. The average molecular weight is 1290 g/mol. The van der Waals surface area contributed by atoms with Gasteiger partial charge in [0.1, 0.15) is 6.07 Å². The van der Waals surface area contributed by atoms with Crippen LogP contribution in [0.1, 0.15) is 115 Å². The van der Waals surface area contributed by atoms with Gasteiger partial charge in [0.25, 0.3) is 26.0 Å². The lowest BCUT2D eigenvalue weighted by Gasteiger charge is -2.42. The molecule has 89 heavy (non-hydrogen) atoms. The molecule has 6 aromatic rings. The maximum atomic E-state index is 14.5. The van der Waals surface area contributed by atoms with Crippen molar-refractivity contribution in [2.75, 3.05) is 87.8 Å². The van der Waals surface area contributed by atoms with Gasteiger partial charge in [0.05, 0.1) is 55.9 Å². The monoisotopic (exact) mass is 1290 g/mol. The highest BCUT2D eigenvalue weighted by atomic mass is 32.2. The fourth-order valence-electron chi connectivity index (χ4n) is 13.6. The molecule has 25 heteroatoms. The lowest BCUT2D eigenvalue weighted by atomic mass is 9.98. The van der Waals surface area contributed by atoms with Crippen LogP contribution in [-0.4, -0.2) is 168 Å². The van der Waals surface area contributed by atoms with Crippen molar-refractivity contribution < 1.29 is 48.1 Å². The van der Waals surface area contributed by atoms with Gasteiger partial charge >= 0.3 is 0 Å². The van der Waals surface area contributed by atoms with E-state index < -0.39 is 46.0 Å². The lowest BCUT2D eigenvalue weighted by Crippen LogP contribution is -2.51. The second-order valence-electron chi connectivity index (χ2n) is 24.3. The molecule has 8 heterocycles. The molecule has 0 spiro atoms. The van der Waals surface area contributed by atoms with Crippen molar-refractivity contribution in [2.24, 2.45) is 5.73 Å². The van der Waals surface area contributed by atoms with Gasteiger partial charge in [-0.15, -0.1) is 0 Å². The summed E-state index contributed by atoms with van der Waals surface area (Å²) in [5, 5.41) is 11.4. The molecule has 6 aliphatic heterocycles. The summed E-state index contributed by atoms with van der Waals surface area (Å²) in [6.45, 7) is 8.59. The van der Waals surface area contributed by atoms with Crippen molar-refractivity contribution in [1.82, 2.24) is 26.4 Å². The van der Waals surface area contributed by atoms with Crippen molar-refractivity contribution in [3.05, 3.63) is 131 Å². The van der Waals surface area contributed by atoms with Crippen LogP contribution in [0.3, 0.4) is 0 Å². The highest BCUT2D eigenvalue weighted by Crippen LogP contribution is 2.42. The van der Waals surface area contributed by atoms with E-state index in [0.717, 1.165) is 99.8 Å². The number of fused-ring (bicyclic) bond motifs is 2. The molecule has 4 saturated heterocycles. The van der Waals surface area contributed by atoms with E-state index in [9.17, 15) is 53.3 Å². The number of nitrogens with two attached hydrogens (primary N) is 1. The average Bonchev–Trinajstić information content (AvgIpc) is 1.61. The molecular weight excluding hydrogens is 1210 g/mol. The van der Waals surface area contributed by atoms with Crippen LogP contribution in [-0.2, 0) is 49.7 Å². The Morgan fingerprint density at radius 1 is 0.528 bits per heavy atom. The third-order valence-corrected chi connectivity index (χ3v) is 24.3. The molecule has 2 atom stereocenters. The third-order valence-electron chi connectivity index (χ3n) is 18.3. The Kier molecular flexibility index (Phi) is 17.9. The number of hydrogen-bond donors (Lipinski definition) is 1. The van der Waals surface area contributed by atoms with Gasteiger partial charge in [0.2, 0.25) is 31.9 Å². The maximum Gasteiger partial charge on any atom is 0.268 e. The Labute approximate surface area is 521 Å². The number of carbonyl (C=O) groups is 3. The summed E-state index contributed by atoms with van der Waals surface area (Å²) in [6.07, 6.45) is 14.9. The molecule has 3 amide bonds. The topological polar surface area (TPSA) is 267 Å². The Morgan fingerprint density at radius 3 is 1.35 bits per heavy atom. The zero-order valence-electron chi connectivity index (χ0n) is 50.7. The summed E-state index contributed by atoms with van der Waals surface area (Å²) in [5.41, 5.74) is 12.3. The van der Waals surface area contributed by atoms with E-state index in [1.807, 2.05) is 41.8 Å². The quantitative estimate of drug-likeness (QED) is 0.118. The van der Waals surface area contributed by atoms with Gasteiger partial charge in [0.15, 0.2) is 0 Å². The number of primary amides is 1. The normalized spacial score (nSPS) is 20.5. The first-order valence-electron chi connectivity index (χ1n) is 30.4. The van der Waals surface area contributed by atoms with E-state index in [1.54, 1.807) is 78.9 Å². The predicted molar refractivity (Wildman–Crippen MR) is 344 cm³/mol. The molecule has 0 aliphatic carbocycles. The summed E-state index contributed by atoms with van der Waals surface area (Å²) >= 11 is 0. The second kappa shape index (κ2) is 25.1. The first kappa shape index (κ1) is 63.2. The fourth-order valence-corrected chi connectivity index (χ4v) is 18.3. The van der Waals surface area contributed by atoms with Crippen molar-refractivity contribution in [3.63, 3.8) is 0 Å². The van der Waals surface area contributed by atoms with Gasteiger partial charge < -0.3 is 25.3 Å². The SMILES string of the molecule is Cc1ccc(S(=O)(=O)n2c(C3=CCN(S(C)(=O)=O)CC3)cc3c(N4CCC[C@H](N5CCCCC5=O)C4)ccc(C#N)c32)cc1.Cc1ccc(S(=O)(=O)n2c(C3=CCN(S(C)(=O)=O)CC3)cc3c(N4CCC[C@H](N5CCCCC5=O)C4)ccc(C(N)=O)c32)cc1. The van der Waals surface area contributed by atoms with Crippen LogP contribution < -0.4 is 15.5 Å². The van der Waals surface area contributed by atoms with Crippen LogP contribution in [0, 0.1) is 25.2 Å². The standard InChI is InChI=1S/C32H39N5O6S2.C32H37N5O5S2/c1-22-8-10-25(11-9-22)45(42,43)37-29(23-14-18-35(19-15-23)44(2,40)41)20-27-28(13-12-26(31(27)37)32(33)39)34-16-5-6-24(21-34)36-17-4-3-7-30(36)38;1-23-8-11-27(12-9-23)44(41,42)37-30(24-14-18-35(19-15-24)43(2,39)40)20-28-29(13-10-25(21-33)32(28)37)34-16-5-6-26(22-34)36-17-4-3-7-31(36)38/h8-14,20,24H,3-7,15-19,21H2,1-2H3,(H2,33,39);8-14,20,26H,3-7,15-19,22H2,1-2H3/t24-;26-/m00/s1. The summed E-state index contributed by atoms with van der Waals surface area (Å²) in [4.78, 5) is 47.0. The van der Waals surface area contributed by atoms with Crippen LogP contribution in [0.2, 0.25) is 0 Å². The molecule has 6 aliphatic rings. The molecule has 21 nitrogen and oxygen atoms in total. The number of aromatic nitrogens is 2. The van der Waals surface area contributed by atoms with Crippen molar-refractivity contribution in [3.8, 4) is 6.07 Å². The minimum atomic E-state index is -4.23. The molecule has 0 saturated carbocycles. The van der Waals surface area contributed by atoms with Gasteiger partial charge in [-0.25, -0.2) is 41.6 Å². The first-order chi connectivity index (χ1) is 42.3. The molecule has 0 bridgehead atoms. The number of nitrogens with zero attached hydrogens (tertiary/aromatic N) is 9. The number of rotatable bonds is 13. The molecule has 4 fully saturated rings. The number of piperidine rings is 4.